The van der Waals surface area contributed by atoms with Crippen LogP contribution in [-0.4, -0.2) is 19.3 Å². The molecule has 17 heavy (non-hydrogen) atoms. The van der Waals surface area contributed by atoms with Crippen LogP contribution in [0.3, 0.4) is 0 Å². The standard InChI is InChI=1S/C14H21NO2/c1-10(2)11(3)15-12-5-6-13-14(9-12)17-8-4-7-16-13/h5-6,9-11,15H,4,7-8H2,1-3H3. The molecule has 1 aliphatic rings. The van der Waals surface area contributed by atoms with Gasteiger partial charge in [0.15, 0.2) is 11.5 Å². The molecular weight excluding hydrogens is 214 g/mol. The van der Waals surface area contributed by atoms with Gasteiger partial charge in [0.1, 0.15) is 0 Å². The third-order valence-corrected chi connectivity index (χ3v) is 3.14. The molecule has 1 aliphatic heterocycles. The highest BCUT2D eigenvalue weighted by Gasteiger charge is 2.12. The summed E-state index contributed by atoms with van der Waals surface area (Å²) in [7, 11) is 0. The second kappa shape index (κ2) is 5.30. The zero-order valence-corrected chi connectivity index (χ0v) is 10.8. The molecule has 0 bridgehead atoms. The van der Waals surface area contributed by atoms with Gasteiger partial charge in [-0.3, -0.25) is 0 Å². The molecule has 1 aromatic rings. The first-order valence-electron chi connectivity index (χ1n) is 6.33. The molecule has 3 nitrogen and oxygen atoms in total. The summed E-state index contributed by atoms with van der Waals surface area (Å²) in [5.74, 6) is 2.31. The third-order valence-electron chi connectivity index (χ3n) is 3.14. The predicted molar refractivity (Wildman–Crippen MR) is 70.0 cm³/mol. The molecule has 1 aromatic carbocycles. The highest BCUT2D eigenvalue weighted by molar-refractivity contribution is 5.55. The van der Waals surface area contributed by atoms with E-state index in [0.29, 0.717) is 12.0 Å². The van der Waals surface area contributed by atoms with E-state index in [-0.39, 0.29) is 0 Å². The Hall–Kier alpha value is -1.38. The summed E-state index contributed by atoms with van der Waals surface area (Å²) >= 11 is 0. The molecule has 0 fully saturated rings. The maximum absolute atomic E-state index is 5.67. The van der Waals surface area contributed by atoms with Crippen LogP contribution < -0.4 is 14.8 Å². The van der Waals surface area contributed by atoms with Crippen LogP contribution in [0.4, 0.5) is 5.69 Å². The number of hydrogen-bond acceptors (Lipinski definition) is 3. The number of benzene rings is 1. The number of nitrogens with one attached hydrogen (secondary N) is 1. The number of anilines is 1. The van der Waals surface area contributed by atoms with Crippen molar-refractivity contribution < 1.29 is 9.47 Å². The topological polar surface area (TPSA) is 30.5 Å². The van der Waals surface area contributed by atoms with Crippen LogP contribution in [0.1, 0.15) is 27.2 Å². The van der Waals surface area contributed by atoms with Gasteiger partial charge >= 0.3 is 0 Å². The minimum absolute atomic E-state index is 0.444. The molecule has 0 amide bonds. The van der Waals surface area contributed by atoms with E-state index in [1.165, 1.54) is 0 Å². The number of fused-ring (bicyclic) bond motifs is 1. The van der Waals surface area contributed by atoms with Crippen molar-refractivity contribution in [3.8, 4) is 11.5 Å². The zero-order chi connectivity index (χ0) is 12.3. The van der Waals surface area contributed by atoms with E-state index in [2.05, 4.69) is 26.1 Å². The van der Waals surface area contributed by atoms with E-state index >= 15 is 0 Å². The summed E-state index contributed by atoms with van der Waals surface area (Å²) in [6.07, 6.45) is 0.944. The van der Waals surface area contributed by atoms with E-state index in [1.54, 1.807) is 0 Å². The highest BCUT2D eigenvalue weighted by atomic mass is 16.5. The lowest BCUT2D eigenvalue weighted by molar-refractivity contribution is 0.297. The van der Waals surface area contributed by atoms with Crippen molar-refractivity contribution >= 4 is 5.69 Å². The fraction of sp³-hybridized carbons (Fsp3) is 0.571. The Morgan fingerprint density at radius 2 is 1.76 bits per heavy atom. The zero-order valence-electron chi connectivity index (χ0n) is 10.8. The monoisotopic (exact) mass is 235 g/mol. The van der Waals surface area contributed by atoms with E-state index in [9.17, 15) is 0 Å². The molecule has 0 saturated carbocycles. The number of rotatable bonds is 3. The van der Waals surface area contributed by atoms with Crippen LogP contribution in [0.2, 0.25) is 0 Å². The fourth-order valence-corrected chi connectivity index (χ4v) is 1.68. The second-order valence-electron chi connectivity index (χ2n) is 4.89. The van der Waals surface area contributed by atoms with Crippen molar-refractivity contribution in [2.45, 2.75) is 33.2 Å². The summed E-state index contributed by atoms with van der Waals surface area (Å²) in [5, 5.41) is 3.48. The molecule has 0 aromatic heterocycles. The van der Waals surface area contributed by atoms with Crippen molar-refractivity contribution in [2.24, 2.45) is 5.92 Å². The predicted octanol–water partition coefficient (Wildman–Crippen LogP) is 3.30. The lowest BCUT2D eigenvalue weighted by Crippen LogP contribution is -2.21. The third kappa shape index (κ3) is 3.05. The first-order chi connectivity index (χ1) is 8.16. The summed E-state index contributed by atoms with van der Waals surface area (Å²) in [6, 6.07) is 6.50. The van der Waals surface area contributed by atoms with Gasteiger partial charge in [-0.05, 0) is 25.0 Å². The molecule has 2 rings (SSSR count). The molecule has 1 unspecified atom stereocenters. The van der Waals surface area contributed by atoms with Crippen molar-refractivity contribution in [1.82, 2.24) is 0 Å². The minimum Gasteiger partial charge on any atom is -0.490 e. The second-order valence-corrected chi connectivity index (χ2v) is 4.89. The van der Waals surface area contributed by atoms with Gasteiger partial charge in [-0.15, -0.1) is 0 Å². The molecule has 0 radical (unpaired) electrons. The molecule has 1 N–H and O–H groups in total. The number of ether oxygens (including phenoxy) is 2. The molecule has 3 heteroatoms. The Morgan fingerprint density at radius 1 is 1.06 bits per heavy atom. The molecule has 0 aliphatic carbocycles. The van der Waals surface area contributed by atoms with Crippen LogP contribution in [0.15, 0.2) is 18.2 Å². The molecule has 1 atom stereocenters. The average Bonchev–Trinajstić information content (AvgIpc) is 2.53. The van der Waals surface area contributed by atoms with E-state index < -0.39 is 0 Å². The van der Waals surface area contributed by atoms with Crippen LogP contribution in [0.5, 0.6) is 11.5 Å². The summed E-state index contributed by atoms with van der Waals surface area (Å²) in [4.78, 5) is 0. The molecule has 1 heterocycles. The van der Waals surface area contributed by atoms with Gasteiger partial charge in [-0.2, -0.15) is 0 Å². The Balaban J connectivity index is 2.12. The maximum Gasteiger partial charge on any atom is 0.163 e. The minimum atomic E-state index is 0.444. The van der Waals surface area contributed by atoms with E-state index in [1.807, 2.05) is 18.2 Å². The first-order valence-corrected chi connectivity index (χ1v) is 6.33. The van der Waals surface area contributed by atoms with Gasteiger partial charge in [0.2, 0.25) is 0 Å². The fourth-order valence-electron chi connectivity index (χ4n) is 1.68. The molecule has 94 valence electrons. The van der Waals surface area contributed by atoms with Gasteiger partial charge in [0.05, 0.1) is 13.2 Å². The van der Waals surface area contributed by atoms with Crippen molar-refractivity contribution in [3.63, 3.8) is 0 Å². The Bertz CT molecular complexity index is 376. The summed E-state index contributed by atoms with van der Waals surface area (Å²) in [5.41, 5.74) is 1.09. The van der Waals surface area contributed by atoms with Gasteiger partial charge in [-0.25, -0.2) is 0 Å². The lowest BCUT2D eigenvalue weighted by Gasteiger charge is -2.19. The first kappa shape index (κ1) is 12.1. The lowest BCUT2D eigenvalue weighted by atomic mass is 10.1. The normalized spacial score (nSPS) is 16.5. The van der Waals surface area contributed by atoms with Gasteiger partial charge in [-0.1, -0.05) is 13.8 Å². The van der Waals surface area contributed by atoms with Crippen LogP contribution in [0, 0.1) is 5.92 Å². The van der Waals surface area contributed by atoms with Crippen LogP contribution in [-0.2, 0) is 0 Å². The Labute approximate surface area is 103 Å². The molecule has 0 spiro atoms. The summed E-state index contributed by atoms with van der Waals surface area (Å²) in [6.45, 7) is 8.08. The van der Waals surface area contributed by atoms with Gasteiger partial charge < -0.3 is 14.8 Å². The highest BCUT2D eigenvalue weighted by Crippen LogP contribution is 2.32. The van der Waals surface area contributed by atoms with Crippen LogP contribution >= 0.6 is 0 Å². The van der Waals surface area contributed by atoms with Crippen molar-refractivity contribution in [3.05, 3.63) is 18.2 Å². The van der Waals surface area contributed by atoms with Gasteiger partial charge in [0, 0.05) is 24.2 Å². The number of hydrogen-bond donors (Lipinski definition) is 1. The van der Waals surface area contributed by atoms with Crippen LogP contribution in [0.25, 0.3) is 0 Å². The average molecular weight is 235 g/mol. The van der Waals surface area contributed by atoms with E-state index in [4.69, 9.17) is 9.47 Å². The van der Waals surface area contributed by atoms with Gasteiger partial charge in [0.25, 0.3) is 0 Å². The maximum atomic E-state index is 5.67. The van der Waals surface area contributed by atoms with E-state index in [0.717, 1.165) is 36.8 Å². The largest absolute Gasteiger partial charge is 0.490 e. The Morgan fingerprint density at radius 3 is 2.47 bits per heavy atom. The SMILES string of the molecule is CC(C)C(C)Nc1ccc2c(c1)OCCCO2. The summed E-state index contributed by atoms with van der Waals surface area (Å²) < 4.78 is 11.3. The Kier molecular flexibility index (Phi) is 3.77. The smallest absolute Gasteiger partial charge is 0.163 e. The quantitative estimate of drug-likeness (QED) is 0.872. The van der Waals surface area contributed by atoms with Crippen molar-refractivity contribution in [2.75, 3.05) is 18.5 Å². The molecular formula is C14H21NO2. The molecule has 0 saturated heterocycles. The van der Waals surface area contributed by atoms with Crippen molar-refractivity contribution in [1.29, 1.82) is 0 Å².